The zero-order valence-electron chi connectivity index (χ0n) is 13.8. The number of ether oxygens (including phenoxy) is 1. The molecular formula is C16H26N2O4S. The standard InChI is InChI=1S/C16H26N2O4S/c1-14(2)23(20,21)18-8-6-17(7-9-18)13-15-4-3-5-16(12-15)22-11-10-19/h3-5,12,14,19H,6-11,13H2,1-2H3. The zero-order chi connectivity index (χ0) is 16.9. The Hall–Kier alpha value is -1.15. The Balaban J connectivity index is 1.89. The molecule has 0 atom stereocenters. The molecule has 0 amide bonds. The van der Waals surface area contributed by atoms with Crippen LogP contribution in [0.1, 0.15) is 19.4 Å². The summed E-state index contributed by atoms with van der Waals surface area (Å²) in [6.45, 7) is 7.04. The Morgan fingerprint density at radius 2 is 1.91 bits per heavy atom. The molecule has 0 radical (unpaired) electrons. The molecule has 7 heteroatoms. The van der Waals surface area contributed by atoms with Crippen molar-refractivity contribution in [3.8, 4) is 5.75 Å². The average Bonchev–Trinajstić information content (AvgIpc) is 2.53. The second-order valence-corrected chi connectivity index (χ2v) is 8.48. The lowest BCUT2D eigenvalue weighted by Gasteiger charge is -2.34. The van der Waals surface area contributed by atoms with Crippen LogP contribution < -0.4 is 4.74 Å². The molecule has 1 aromatic carbocycles. The maximum atomic E-state index is 12.2. The summed E-state index contributed by atoms with van der Waals surface area (Å²) in [5.74, 6) is 0.748. The summed E-state index contributed by atoms with van der Waals surface area (Å²) in [5.41, 5.74) is 1.13. The van der Waals surface area contributed by atoms with E-state index in [4.69, 9.17) is 9.84 Å². The predicted molar refractivity (Wildman–Crippen MR) is 89.9 cm³/mol. The highest BCUT2D eigenvalue weighted by Crippen LogP contribution is 2.17. The summed E-state index contributed by atoms with van der Waals surface area (Å²) in [5, 5.41) is 8.43. The van der Waals surface area contributed by atoms with Crippen LogP contribution in [0, 0.1) is 0 Å². The monoisotopic (exact) mass is 342 g/mol. The Morgan fingerprint density at radius 3 is 2.52 bits per heavy atom. The van der Waals surface area contributed by atoms with Crippen LogP contribution in [0.15, 0.2) is 24.3 Å². The fourth-order valence-corrected chi connectivity index (χ4v) is 3.86. The minimum absolute atomic E-state index is 0.00346. The van der Waals surface area contributed by atoms with Crippen LogP contribution in [0.3, 0.4) is 0 Å². The summed E-state index contributed by atoms with van der Waals surface area (Å²) in [7, 11) is -3.15. The molecule has 23 heavy (non-hydrogen) atoms. The van der Waals surface area contributed by atoms with Gasteiger partial charge < -0.3 is 9.84 Å². The van der Waals surface area contributed by atoms with Gasteiger partial charge in [-0.2, -0.15) is 4.31 Å². The smallest absolute Gasteiger partial charge is 0.216 e. The molecule has 1 aromatic rings. The lowest BCUT2D eigenvalue weighted by molar-refractivity contribution is 0.180. The second kappa shape index (κ2) is 8.10. The summed E-state index contributed by atoms with van der Waals surface area (Å²) in [6.07, 6.45) is 0. The molecule has 0 unspecified atom stereocenters. The summed E-state index contributed by atoms with van der Waals surface area (Å²) in [4.78, 5) is 2.25. The Labute approximate surface area is 138 Å². The van der Waals surface area contributed by atoms with Gasteiger partial charge in [0.2, 0.25) is 10.0 Å². The number of aliphatic hydroxyl groups is 1. The molecule has 1 saturated heterocycles. The molecule has 1 aliphatic heterocycles. The van der Waals surface area contributed by atoms with E-state index in [1.165, 1.54) is 0 Å². The van der Waals surface area contributed by atoms with Gasteiger partial charge in [0, 0.05) is 32.7 Å². The minimum atomic E-state index is -3.15. The van der Waals surface area contributed by atoms with Crippen molar-refractivity contribution in [1.29, 1.82) is 0 Å². The first kappa shape index (κ1) is 18.2. The van der Waals surface area contributed by atoms with E-state index in [0.717, 1.165) is 30.9 Å². The molecule has 2 rings (SSSR count). The number of piperazine rings is 1. The molecule has 6 nitrogen and oxygen atoms in total. The summed E-state index contributed by atoms with van der Waals surface area (Å²) >= 11 is 0. The summed E-state index contributed by atoms with van der Waals surface area (Å²) in [6, 6.07) is 7.80. The van der Waals surface area contributed by atoms with Gasteiger partial charge in [-0.15, -0.1) is 0 Å². The maximum Gasteiger partial charge on any atom is 0.216 e. The number of hydrogen-bond acceptors (Lipinski definition) is 5. The van der Waals surface area contributed by atoms with E-state index < -0.39 is 10.0 Å². The van der Waals surface area contributed by atoms with Crippen LogP contribution in [0.25, 0.3) is 0 Å². The molecule has 0 aliphatic carbocycles. The van der Waals surface area contributed by atoms with Gasteiger partial charge in [-0.05, 0) is 31.5 Å². The molecule has 1 heterocycles. The summed E-state index contributed by atoms with van der Waals surface area (Å²) < 4.78 is 31.3. The molecule has 1 fully saturated rings. The molecule has 1 aliphatic rings. The number of sulfonamides is 1. The van der Waals surface area contributed by atoms with E-state index >= 15 is 0 Å². The maximum absolute atomic E-state index is 12.2. The molecule has 0 saturated carbocycles. The molecule has 0 aromatic heterocycles. The molecule has 130 valence electrons. The Kier molecular flexibility index (Phi) is 6.41. The van der Waals surface area contributed by atoms with Crippen molar-refractivity contribution in [2.75, 3.05) is 39.4 Å². The number of rotatable bonds is 7. The fraction of sp³-hybridized carbons (Fsp3) is 0.625. The van der Waals surface area contributed by atoms with Crippen molar-refractivity contribution >= 4 is 10.0 Å². The molecular weight excluding hydrogens is 316 g/mol. The van der Waals surface area contributed by atoms with Crippen molar-refractivity contribution in [3.63, 3.8) is 0 Å². The third kappa shape index (κ3) is 4.91. The largest absolute Gasteiger partial charge is 0.491 e. The van der Waals surface area contributed by atoms with Gasteiger partial charge in [0.1, 0.15) is 12.4 Å². The number of aliphatic hydroxyl groups excluding tert-OH is 1. The third-order valence-electron chi connectivity index (χ3n) is 3.95. The van der Waals surface area contributed by atoms with Crippen LogP contribution in [0.2, 0.25) is 0 Å². The predicted octanol–water partition coefficient (Wildman–Crippen LogP) is 0.913. The first-order valence-electron chi connectivity index (χ1n) is 7.97. The highest BCUT2D eigenvalue weighted by molar-refractivity contribution is 7.89. The van der Waals surface area contributed by atoms with Gasteiger partial charge in [-0.1, -0.05) is 12.1 Å². The van der Waals surface area contributed by atoms with E-state index in [-0.39, 0.29) is 18.5 Å². The van der Waals surface area contributed by atoms with Crippen molar-refractivity contribution in [1.82, 2.24) is 9.21 Å². The Morgan fingerprint density at radius 1 is 1.22 bits per heavy atom. The fourth-order valence-electron chi connectivity index (χ4n) is 2.60. The first-order valence-corrected chi connectivity index (χ1v) is 9.47. The van der Waals surface area contributed by atoms with Gasteiger partial charge in [0.05, 0.1) is 11.9 Å². The second-order valence-electron chi connectivity index (χ2n) is 5.99. The number of nitrogens with zero attached hydrogens (tertiary/aromatic N) is 2. The van der Waals surface area contributed by atoms with Crippen LogP contribution in [-0.2, 0) is 16.6 Å². The highest BCUT2D eigenvalue weighted by Gasteiger charge is 2.29. The van der Waals surface area contributed by atoms with Gasteiger partial charge >= 0.3 is 0 Å². The van der Waals surface area contributed by atoms with E-state index in [0.29, 0.717) is 13.1 Å². The lowest BCUT2D eigenvalue weighted by Crippen LogP contribution is -2.49. The third-order valence-corrected chi connectivity index (χ3v) is 6.23. The van der Waals surface area contributed by atoms with Crippen LogP contribution in [-0.4, -0.2) is 67.4 Å². The van der Waals surface area contributed by atoms with E-state index in [9.17, 15) is 8.42 Å². The van der Waals surface area contributed by atoms with E-state index in [2.05, 4.69) is 4.90 Å². The first-order chi connectivity index (χ1) is 10.9. The van der Waals surface area contributed by atoms with Gasteiger partial charge in [-0.25, -0.2) is 8.42 Å². The topological polar surface area (TPSA) is 70.1 Å². The quantitative estimate of drug-likeness (QED) is 0.798. The highest BCUT2D eigenvalue weighted by atomic mass is 32.2. The SMILES string of the molecule is CC(C)S(=O)(=O)N1CCN(Cc2cccc(OCCO)c2)CC1. The van der Waals surface area contributed by atoms with Crippen molar-refractivity contribution in [2.24, 2.45) is 0 Å². The van der Waals surface area contributed by atoms with E-state index in [1.807, 2.05) is 24.3 Å². The van der Waals surface area contributed by atoms with Crippen LogP contribution in [0.5, 0.6) is 5.75 Å². The number of benzene rings is 1. The number of hydrogen-bond donors (Lipinski definition) is 1. The zero-order valence-corrected chi connectivity index (χ0v) is 14.6. The van der Waals surface area contributed by atoms with Crippen LogP contribution >= 0.6 is 0 Å². The molecule has 0 bridgehead atoms. The van der Waals surface area contributed by atoms with Gasteiger partial charge in [0.15, 0.2) is 0 Å². The molecule has 1 N–H and O–H groups in total. The Bertz CT molecular complexity index is 596. The lowest BCUT2D eigenvalue weighted by atomic mass is 10.2. The van der Waals surface area contributed by atoms with Gasteiger partial charge in [-0.3, -0.25) is 4.90 Å². The van der Waals surface area contributed by atoms with Crippen molar-refractivity contribution in [3.05, 3.63) is 29.8 Å². The van der Waals surface area contributed by atoms with Gasteiger partial charge in [0.25, 0.3) is 0 Å². The van der Waals surface area contributed by atoms with Crippen molar-refractivity contribution in [2.45, 2.75) is 25.6 Å². The van der Waals surface area contributed by atoms with Crippen molar-refractivity contribution < 1.29 is 18.3 Å². The van der Waals surface area contributed by atoms with Crippen LogP contribution in [0.4, 0.5) is 0 Å². The minimum Gasteiger partial charge on any atom is -0.491 e. The van der Waals surface area contributed by atoms with E-state index in [1.54, 1.807) is 18.2 Å². The average molecular weight is 342 g/mol. The molecule has 0 spiro atoms. The normalized spacial score (nSPS) is 17.6.